The third-order valence-electron chi connectivity index (χ3n) is 3.50. The van der Waals surface area contributed by atoms with Crippen LogP contribution in [0.5, 0.6) is 0 Å². The Bertz CT molecular complexity index is 905. The summed E-state index contributed by atoms with van der Waals surface area (Å²) in [7, 11) is 1.98. The van der Waals surface area contributed by atoms with Gasteiger partial charge in [0.05, 0.1) is 17.6 Å². The summed E-state index contributed by atoms with van der Waals surface area (Å²) in [5.41, 5.74) is 3.03. The Morgan fingerprint density at radius 1 is 1.27 bits per heavy atom. The minimum atomic E-state index is 0.628. The van der Waals surface area contributed by atoms with E-state index in [1.807, 2.05) is 41.5 Å². The molecule has 0 saturated carbocycles. The summed E-state index contributed by atoms with van der Waals surface area (Å²) >= 11 is 1.63. The number of fused-ring (bicyclic) bond motifs is 1. The first-order valence-electron chi connectivity index (χ1n) is 6.89. The van der Waals surface area contributed by atoms with Crippen LogP contribution in [0, 0.1) is 0 Å². The summed E-state index contributed by atoms with van der Waals surface area (Å²) in [5, 5.41) is 6.26. The van der Waals surface area contributed by atoms with Crippen LogP contribution in [-0.4, -0.2) is 24.5 Å². The molecule has 4 rings (SSSR count). The van der Waals surface area contributed by atoms with Gasteiger partial charge in [0.1, 0.15) is 10.8 Å². The van der Waals surface area contributed by atoms with E-state index in [1.165, 1.54) is 0 Å². The molecule has 0 saturated heterocycles. The minimum Gasteiger partial charge on any atom is -0.349 e. The van der Waals surface area contributed by atoms with Gasteiger partial charge in [-0.1, -0.05) is 0 Å². The number of anilines is 1. The van der Waals surface area contributed by atoms with Gasteiger partial charge in [0, 0.05) is 36.6 Å². The lowest BCUT2D eigenvalue weighted by atomic mass is 10.2. The van der Waals surface area contributed by atoms with E-state index in [0.29, 0.717) is 6.54 Å². The summed E-state index contributed by atoms with van der Waals surface area (Å²) in [4.78, 5) is 16.5. The number of aromatic amines is 1. The van der Waals surface area contributed by atoms with Crippen molar-refractivity contribution in [2.75, 3.05) is 5.32 Å². The second-order valence-corrected chi connectivity index (χ2v) is 5.86. The molecule has 0 amide bonds. The standard InChI is InChI=1S/C15H14N6S/c1-21-6-4-16-13(21)9-18-15-19-11-3-2-10(8-12(11)20-15)14-17-5-7-22-14/h2-8H,9H2,1H3,(H2,18,19,20). The van der Waals surface area contributed by atoms with E-state index >= 15 is 0 Å². The number of aromatic nitrogens is 5. The maximum absolute atomic E-state index is 4.54. The molecule has 22 heavy (non-hydrogen) atoms. The smallest absolute Gasteiger partial charge is 0.201 e. The van der Waals surface area contributed by atoms with E-state index in [-0.39, 0.29) is 0 Å². The Labute approximate surface area is 130 Å². The normalized spacial score (nSPS) is 11.1. The van der Waals surface area contributed by atoms with E-state index in [4.69, 9.17) is 0 Å². The number of nitrogens with one attached hydrogen (secondary N) is 2. The molecule has 0 aliphatic carbocycles. The molecule has 2 N–H and O–H groups in total. The Morgan fingerprint density at radius 3 is 3.00 bits per heavy atom. The second kappa shape index (κ2) is 5.27. The lowest BCUT2D eigenvalue weighted by Crippen LogP contribution is -2.06. The number of hydrogen-bond donors (Lipinski definition) is 2. The monoisotopic (exact) mass is 310 g/mol. The number of H-pyrrole nitrogens is 1. The van der Waals surface area contributed by atoms with Gasteiger partial charge in [-0.2, -0.15) is 0 Å². The van der Waals surface area contributed by atoms with E-state index < -0.39 is 0 Å². The maximum Gasteiger partial charge on any atom is 0.201 e. The van der Waals surface area contributed by atoms with Gasteiger partial charge in [-0.15, -0.1) is 11.3 Å². The molecule has 6 nitrogen and oxygen atoms in total. The molecule has 0 aliphatic rings. The third-order valence-corrected chi connectivity index (χ3v) is 4.32. The largest absolute Gasteiger partial charge is 0.349 e. The molecule has 0 spiro atoms. The van der Waals surface area contributed by atoms with Crippen LogP contribution < -0.4 is 5.32 Å². The molecule has 7 heteroatoms. The van der Waals surface area contributed by atoms with Gasteiger partial charge >= 0.3 is 0 Å². The predicted molar refractivity (Wildman–Crippen MR) is 87.7 cm³/mol. The zero-order chi connectivity index (χ0) is 14.9. The summed E-state index contributed by atoms with van der Waals surface area (Å²) in [6, 6.07) is 6.13. The lowest BCUT2D eigenvalue weighted by Gasteiger charge is -2.02. The van der Waals surface area contributed by atoms with Gasteiger partial charge in [0.2, 0.25) is 5.95 Å². The van der Waals surface area contributed by atoms with Crippen LogP contribution in [0.15, 0.2) is 42.2 Å². The topological polar surface area (TPSA) is 71.4 Å². The molecular weight excluding hydrogens is 296 g/mol. The molecule has 0 radical (unpaired) electrons. The molecule has 3 heterocycles. The van der Waals surface area contributed by atoms with Crippen LogP contribution in [0.1, 0.15) is 5.82 Å². The molecule has 0 aliphatic heterocycles. The molecule has 110 valence electrons. The van der Waals surface area contributed by atoms with Gasteiger partial charge < -0.3 is 14.9 Å². The lowest BCUT2D eigenvalue weighted by molar-refractivity contribution is 0.809. The van der Waals surface area contributed by atoms with Crippen molar-refractivity contribution in [3.63, 3.8) is 0 Å². The summed E-state index contributed by atoms with van der Waals surface area (Å²) in [6.07, 6.45) is 5.53. The number of aryl methyl sites for hydroxylation is 1. The van der Waals surface area contributed by atoms with Crippen LogP contribution in [0.2, 0.25) is 0 Å². The van der Waals surface area contributed by atoms with Crippen LogP contribution in [0.3, 0.4) is 0 Å². The highest BCUT2D eigenvalue weighted by molar-refractivity contribution is 7.13. The van der Waals surface area contributed by atoms with Crippen molar-refractivity contribution in [1.29, 1.82) is 0 Å². The fourth-order valence-corrected chi connectivity index (χ4v) is 2.96. The van der Waals surface area contributed by atoms with Gasteiger partial charge in [0.25, 0.3) is 0 Å². The Morgan fingerprint density at radius 2 is 2.23 bits per heavy atom. The maximum atomic E-state index is 4.54. The van der Waals surface area contributed by atoms with Crippen LogP contribution >= 0.6 is 11.3 Å². The van der Waals surface area contributed by atoms with Crippen molar-refractivity contribution in [3.05, 3.63) is 48.0 Å². The summed E-state index contributed by atoms with van der Waals surface area (Å²) < 4.78 is 1.98. The molecular formula is C15H14N6S. The van der Waals surface area contributed by atoms with Crippen molar-refractivity contribution >= 4 is 28.3 Å². The first-order chi connectivity index (χ1) is 10.8. The van der Waals surface area contributed by atoms with Crippen LogP contribution in [0.25, 0.3) is 21.6 Å². The second-order valence-electron chi connectivity index (χ2n) is 4.96. The molecule has 0 atom stereocenters. The summed E-state index contributed by atoms with van der Waals surface area (Å²) in [5.74, 6) is 1.71. The first-order valence-corrected chi connectivity index (χ1v) is 7.77. The number of rotatable bonds is 4. The SMILES string of the molecule is Cn1ccnc1CNc1nc2ccc(-c3nccs3)cc2[nH]1. The van der Waals surface area contributed by atoms with Crippen LogP contribution in [0.4, 0.5) is 5.95 Å². The number of nitrogens with zero attached hydrogens (tertiary/aromatic N) is 4. The molecule has 0 fully saturated rings. The molecule has 0 bridgehead atoms. The zero-order valence-electron chi connectivity index (χ0n) is 11.9. The Kier molecular flexibility index (Phi) is 3.12. The molecule has 1 aromatic carbocycles. The molecule has 0 unspecified atom stereocenters. The van der Waals surface area contributed by atoms with Crippen LogP contribution in [-0.2, 0) is 13.6 Å². The third kappa shape index (κ3) is 2.35. The number of hydrogen-bond acceptors (Lipinski definition) is 5. The van der Waals surface area contributed by atoms with E-state index in [1.54, 1.807) is 17.5 Å². The first kappa shape index (κ1) is 13.0. The highest BCUT2D eigenvalue weighted by Gasteiger charge is 2.07. The minimum absolute atomic E-state index is 0.628. The van der Waals surface area contributed by atoms with Crippen molar-refractivity contribution in [2.45, 2.75) is 6.54 Å². The van der Waals surface area contributed by atoms with Gasteiger partial charge in [-0.25, -0.2) is 15.0 Å². The molecule has 4 aromatic rings. The number of imidazole rings is 2. The highest BCUT2D eigenvalue weighted by Crippen LogP contribution is 2.25. The van der Waals surface area contributed by atoms with Crippen molar-refractivity contribution in [3.8, 4) is 10.6 Å². The molecule has 3 aromatic heterocycles. The van der Waals surface area contributed by atoms with Crippen molar-refractivity contribution in [1.82, 2.24) is 24.5 Å². The fraction of sp³-hybridized carbons (Fsp3) is 0.133. The van der Waals surface area contributed by atoms with E-state index in [0.717, 1.165) is 33.4 Å². The summed E-state index contributed by atoms with van der Waals surface area (Å²) in [6.45, 7) is 0.628. The Hall–Kier alpha value is -2.67. The van der Waals surface area contributed by atoms with Crippen molar-refractivity contribution < 1.29 is 0 Å². The van der Waals surface area contributed by atoms with Gasteiger partial charge in [-0.3, -0.25) is 0 Å². The fourth-order valence-electron chi connectivity index (χ4n) is 2.32. The van der Waals surface area contributed by atoms with E-state index in [9.17, 15) is 0 Å². The van der Waals surface area contributed by atoms with Crippen molar-refractivity contribution in [2.24, 2.45) is 7.05 Å². The quantitative estimate of drug-likeness (QED) is 0.608. The average molecular weight is 310 g/mol. The number of thiazole rings is 1. The predicted octanol–water partition coefficient (Wildman–Crippen LogP) is 3.03. The number of benzene rings is 1. The zero-order valence-corrected chi connectivity index (χ0v) is 12.8. The average Bonchev–Trinajstić information content (AvgIpc) is 3.25. The highest BCUT2D eigenvalue weighted by atomic mass is 32.1. The van der Waals surface area contributed by atoms with Gasteiger partial charge in [-0.05, 0) is 18.2 Å². The Balaban J connectivity index is 1.59. The van der Waals surface area contributed by atoms with Gasteiger partial charge in [0.15, 0.2) is 0 Å². The van der Waals surface area contributed by atoms with E-state index in [2.05, 4.69) is 31.3 Å².